The maximum Gasteiger partial charge on any atom is 2.00 e. The van der Waals surface area contributed by atoms with E-state index in [0.29, 0.717) is 0 Å². The third-order valence-electron chi connectivity index (χ3n) is 0.999. The first kappa shape index (κ1) is 58.6. The van der Waals surface area contributed by atoms with E-state index in [4.69, 9.17) is 29.8 Å². The molecule has 0 bridgehead atoms. The molecule has 6 N–H and O–H groups in total. The molecule has 30 heavy (non-hydrogen) atoms. The molecule has 0 aromatic carbocycles. The first-order chi connectivity index (χ1) is 9.95. The number of hydrogen-bond acceptors (Lipinski definition) is 11. The Balaban J connectivity index is -0.0000000230. The second kappa shape index (κ2) is 26.9. The Kier molecular flexibility index (Phi) is 52.5. The van der Waals surface area contributed by atoms with E-state index < -0.39 is 43.6 Å². The van der Waals surface area contributed by atoms with Crippen molar-refractivity contribution in [3.8, 4) is 0 Å². The first-order valence-electron chi connectivity index (χ1n) is 4.25. The molecule has 152 valence electrons. The summed E-state index contributed by atoms with van der Waals surface area (Å²) in [6.07, 6.45) is -5.09. The van der Waals surface area contributed by atoms with Crippen LogP contribution in [0.5, 0.6) is 0 Å². The quantitative estimate of drug-likeness (QED) is 0.103. The second-order valence-electron chi connectivity index (χ2n) is 2.83. The van der Waals surface area contributed by atoms with Gasteiger partial charge < -0.3 is 45.4 Å². The molecular formula is C2H14CaK4Na2O17P4. The summed E-state index contributed by atoms with van der Waals surface area (Å²) in [5, 5.41) is 16.3. The normalized spacial score (nSPS) is 15.1. The monoisotopic (exact) mass is 676 g/mol. The summed E-state index contributed by atoms with van der Waals surface area (Å²) in [5.74, 6) is 0. The first-order valence-corrected chi connectivity index (χ1v) is 10.2. The van der Waals surface area contributed by atoms with Crippen LogP contribution in [0.1, 0.15) is 11.4 Å². The Morgan fingerprint density at radius 1 is 0.633 bits per heavy atom. The van der Waals surface area contributed by atoms with Crippen molar-refractivity contribution in [2.24, 2.45) is 0 Å². The van der Waals surface area contributed by atoms with Crippen molar-refractivity contribution in [2.75, 3.05) is 0 Å². The molecule has 0 fully saturated rings. The smallest absolute Gasteiger partial charge is 1.00 e. The van der Waals surface area contributed by atoms with E-state index in [1.54, 1.807) is 0 Å². The van der Waals surface area contributed by atoms with Gasteiger partial charge in [-0.1, -0.05) is 0 Å². The SMILES string of the molecule is O=C(O)OP(=O)(O)OP(=O)(OC(=O)O)OP(=O)(O)OP(=O)(O)O.[Ca+2].[H-].[H-].[H-].[H-].[H-].[H-].[H-].[H-].[K+].[K+].[K+].[K+].[Na+].[Na+]. The Morgan fingerprint density at radius 2 is 0.933 bits per heavy atom. The van der Waals surface area contributed by atoms with Crippen molar-refractivity contribution in [3.05, 3.63) is 0 Å². The van der Waals surface area contributed by atoms with E-state index in [2.05, 4.69) is 22.0 Å². The number of carboxylic acid groups (broad SMARTS) is 2. The minimum Gasteiger partial charge on any atom is -1.00 e. The Morgan fingerprint density at radius 3 is 1.20 bits per heavy atom. The predicted molar refractivity (Wildman–Crippen MR) is 75.4 cm³/mol. The fourth-order valence-corrected chi connectivity index (χ4v) is 5.32. The van der Waals surface area contributed by atoms with Crippen molar-refractivity contribution < 1.29 is 356 Å². The summed E-state index contributed by atoms with van der Waals surface area (Å²) in [6.45, 7) is 0. The average molecular weight is 676 g/mol. The molecule has 0 amide bonds. The minimum atomic E-state index is -6.14. The molecular weight excluding hydrogens is 662 g/mol. The Bertz CT molecular complexity index is 713. The number of carbonyl (C=O) groups is 2. The molecule has 0 spiro atoms. The van der Waals surface area contributed by atoms with Gasteiger partial charge in [-0.2, -0.15) is 12.9 Å². The van der Waals surface area contributed by atoms with Gasteiger partial charge >= 0.3 is 346 Å². The van der Waals surface area contributed by atoms with Gasteiger partial charge in [-0.25, -0.2) is 27.8 Å². The van der Waals surface area contributed by atoms with Crippen LogP contribution in [0.15, 0.2) is 0 Å². The number of phosphoric acid groups is 4. The van der Waals surface area contributed by atoms with Gasteiger partial charge in [0.25, 0.3) is 0 Å². The zero-order valence-corrected chi connectivity index (χ0v) is 38.9. The van der Waals surface area contributed by atoms with Gasteiger partial charge in [0.05, 0.1) is 0 Å². The van der Waals surface area contributed by atoms with Crippen molar-refractivity contribution in [1.29, 1.82) is 0 Å². The molecule has 0 rings (SSSR count). The Hall–Kier alpha value is 8.99. The van der Waals surface area contributed by atoms with Crippen LogP contribution in [0, 0.1) is 0 Å². The van der Waals surface area contributed by atoms with E-state index in [1.165, 1.54) is 0 Å². The van der Waals surface area contributed by atoms with Crippen LogP contribution >= 0.6 is 31.3 Å². The molecule has 0 aromatic heterocycles. The van der Waals surface area contributed by atoms with E-state index >= 15 is 0 Å². The van der Waals surface area contributed by atoms with Crippen LogP contribution in [-0.4, -0.2) is 79.8 Å². The van der Waals surface area contributed by atoms with Crippen LogP contribution < -0.4 is 265 Å². The van der Waals surface area contributed by atoms with Gasteiger partial charge in [0.2, 0.25) is 0 Å². The van der Waals surface area contributed by atoms with Crippen molar-refractivity contribution in [1.82, 2.24) is 0 Å². The summed E-state index contributed by atoms with van der Waals surface area (Å²) in [4.78, 5) is 54.5. The molecule has 28 heteroatoms. The second-order valence-corrected chi connectivity index (χ2v) is 8.91. The standard InChI is InChI=1S/C2H6O17P4.Ca.4K.2Na.8H/c3-1(4)15-21(10,11)18-23(14,16-2(5)6)19-22(12,13)17-20(7,8)9;;;;;;;;;;;;;;;/h(H,3,4)(H,5,6)(H,10,11)(H,12,13)(H2,7,8,9);;;;;;;;;;;;;;;/q;+2;6*+1;8*-1. The molecule has 0 aliphatic rings. The number of rotatable bonds is 8. The van der Waals surface area contributed by atoms with Crippen molar-refractivity contribution in [3.63, 3.8) is 0 Å². The van der Waals surface area contributed by atoms with Crippen molar-refractivity contribution in [2.45, 2.75) is 0 Å². The van der Waals surface area contributed by atoms with E-state index in [-0.39, 0.29) is 314 Å². The molecule has 3 unspecified atom stereocenters. The molecule has 0 aromatic rings. The van der Waals surface area contributed by atoms with Gasteiger partial charge in [0.1, 0.15) is 0 Å². The zero-order valence-electron chi connectivity index (χ0n) is 24.7. The molecule has 17 nitrogen and oxygen atoms in total. The van der Waals surface area contributed by atoms with Crippen LogP contribution in [0.2, 0.25) is 0 Å². The molecule has 0 radical (unpaired) electrons. The minimum absolute atomic E-state index is 0. The molecule has 0 saturated heterocycles. The molecule has 0 aliphatic heterocycles. The molecule has 3 atom stereocenters. The fraction of sp³-hybridized carbons (Fsp3) is 0. The Labute approximate surface area is 424 Å². The average Bonchev–Trinajstić information content (AvgIpc) is 2.02. The molecule has 0 saturated carbocycles. The van der Waals surface area contributed by atoms with Gasteiger partial charge in [0.15, 0.2) is 0 Å². The molecule has 0 heterocycles. The zero-order chi connectivity index (χ0) is 18.7. The van der Waals surface area contributed by atoms with Crippen molar-refractivity contribution >= 4 is 81.3 Å². The van der Waals surface area contributed by atoms with E-state index in [0.717, 1.165) is 0 Å². The third kappa shape index (κ3) is 35.0. The summed E-state index contributed by atoms with van der Waals surface area (Å²) in [5.41, 5.74) is 0. The van der Waals surface area contributed by atoms with Gasteiger partial charge in [-0.05, 0) is 0 Å². The summed E-state index contributed by atoms with van der Waals surface area (Å²) in [7, 11) is -23.9. The van der Waals surface area contributed by atoms with Crippen LogP contribution in [0.4, 0.5) is 9.59 Å². The molecule has 0 aliphatic carbocycles. The maximum absolute atomic E-state index is 11.6. The van der Waals surface area contributed by atoms with Gasteiger partial charge in [-0.3, -0.25) is 4.89 Å². The van der Waals surface area contributed by atoms with Crippen LogP contribution in [0.3, 0.4) is 0 Å². The number of phosphoric ester groups is 1. The van der Waals surface area contributed by atoms with E-state index in [1.807, 2.05) is 0 Å². The third-order valence-corrected chi connectivity index (χ3v) is 6.69. The largest absolute Gasteiger partial charge is 2.00 e. The van der Waals surface area contributed by atoms with Crippen LogP contribution in [0.25, 0.3) is 0 Å². The number of hydrogen-bond donors (Lipinski definition) is 6. The summed E-state index contributed by atoms with van der Waals surface area (Å²) in [6, 6.07) is 0. The topological polar surface area (TPSA) is 270 Å². The predicted octanol–water partition coefficient (Wildman–Crippen LogP) is -16.6. The van der Waals surface area contributed by atoms with E-state index in [9.17, 15) is 27.8 Å². The van der Waals surface area contributed by atoms with Crippen LogP contribution in [-0.2, 0) is 40.2 Å². The van der Waals surface area contributed by atoms with Gasteiger partial charge in [-0.15, -0.1) is 0 Å². The maximum atomic E-state index is 11.6. The van der Waals surface area contributed by atoms with Gasteiger partial charge in [0, 0.05) is 0 Å². The summed E-state index contributed by atoms with van der Waals surface area (Å²) >= 11 is 0. The summed E-state index contributed by atoms with van der Waals surface area (Å²) < 4.78 is 60.3. The fourth-order valence-electron chi connectivity index (χ4n) is 0.661.